The Balaban J connectivity index is 7.03. The van der Waals surface area contributed by atoms with E-state index in [1.807, 2.05) is 0 Å². The summed E-state index contributed by atoms with van der Waals surface area (Å²) in [5.41, 5.74) is 18.9. The van der Waals surface area contributed by atoms with Crippen LogP contribution in [0.5, 0.6) is 0 Å². The molecule has 0 radical (unpaired) electrons. The van der Waals surface area contributed by atoms with Crippen LogP contribution >= 0.6 is 11.8 Å². The first-order chi connectivity index (χ1) is 49.7. The highest BCUT2D eigenvalue weighted by atomic mass is 32.2. The first-order valence-corrected chi connectivity index (χ1v) is 37.1. The Kier molecular flexibility index (Phi) is 48.0. The van der Waals surface area contributed by atoms with E-state index in [0.717, 1.165) is 0 Å². The Morgan fingerprint density at radius 2 is 0.858 bits per heavy atom. The maximum Gasteiger partial charge on any atom is 0.305 e. The molecule has 106 heavy (non-hydrogen) atoms. The minimum Gasteiger partial charge on any atom is -0.481 e. The number of unbranched alkanes of at least 4 members (excludes halogenated alkanes) is 1. The van der Waals surface area contributed by atoms with Gasteiger partial charge in [-0.05, 0) is 121 Å². The molecule has 15 atom stereocenters. The number of rotatable bonds is 55. The Labute approximate surface area is 622 Å². The highest BCUT2D eigenvalue weighted by Crippen LogP contribution is 2.16. The lowest BCUT2D eigenvalue weighted by Gasteiger charge is -2.31. The topological polar surface area (TPSA) is 639 Å². The zero-order valence-electron chi connectivity index (χ0n) is 63.2. The van der Waals surface area contributed by atoms with Gasteiger partial charge < -0.3 is 117 Å². The quantitative estimate of drug-likeness (QED) is 0.0153. The lowest BCUT2D eigenvalue weighted by atomic mass is 9.94. The van der Waals surface area contributed by atoms with E-state index in [0.29, 0.717) is 31.4 Å². The van der Waals surface area contributed by atoms with Crippen molar-refractivity contribution < 1.29 is 108 Å². The molecule has 0 aromatic rings. The van der Waals surface area contributed by atoms with Crippen LogP contribution in [-0.2, 0) is 81.5 Å². The summed E-state index contributed by atoms with van der Waals surface area (Å²) in [6, 6.07) is -17.7. The number of aliphatic hydroxyl groups is 1. The number of nitrogens with one attached hydrogen (secondary N) is 15. The van der Waals surface area contributed by atoms with Gasteiger partial charge in [0, 0.05) is 6.42 Å². The van der Waals surface area contributed by atoms with E-state index in [1.165, 1.54) is 32.5 Å². The summed E-state index contributed by atoms with van der Waals surface area (Å²) in [6.45, 7) is 16.3. The van der Waals surface area contributed by atoms with Crippen molar-refractivity contribution in [1.29, 1.82) is 0 Å². The van der Waals surface area contributed by atoms with Crippen LogP contribution in [0.2, 0.25) is 0 Å². The van der Waals surface area contributed by atoms with Crippen LogP contribution < -0.4 is 103 Å². The van der Waals surface area contributed by atoms with Gasteiger partial charge in [-0.1, -0.05) is 68.2 Å². The van der Waals surface area contributed by atoms with Gasteiger partial charge in [-0.2, -0.15) is 11.8 Å². The van der Waals surface area contributed by atoms with Crippen LogP contribution in [0.1, 0.15) is 160 Å². The standard InChI is InChI=1S/C66H119N19O20S/c1-13-35(7)52(85-65(105)53(36(8)14-2)84-63(103)47(28-51(92)93)83-60(100)43(20-21-50(90)91)79-61(101)45(26-33(3)4)77-49(89)30-72-55(95)38(10)74-54(94)37(9)68)64(104)81-42(19-17-24-71-66(69)70)59(99)78-41(18-15-16-23-67)58(98)75-39(11)56(96)82-46(27-34(5)6)62(102)80-44(22-25-106-12)57(97)73-29-48(88)76-40(31-86)32-87/h31,33-47,52-53,66,71,87H,13-30,32,67-70H2,1-12H3,(H,72,95)(H,73,97)(H,74,94)(H,75,98)(H,76,88)(H,77,89)(H,78,99)(H,79,101)(H,80,102)(H,81,104)(H,82,96)(H,83,100)(H,84,103)(H,85,105)(H,90,91)(H,92,93)/p+2/t35-,36-,37-,38-,39-,40+,41-,42-,43-,44-,45-,46-,47-,52-,53-/m0/s1. The molecule has 0 aliphatic rings. The second-order valence-electron chi connectivity index (χ2n) is 27.1. The van der Waals surface area contributed by atoms with Crippen molar-refractivity contribution in [3.8, 4) is 0 Å². The molecule has 28 N–H and O–H groups in total. The van der Waals surface area contributed by atoms with E-state index in [9.17, 15) is 96.8 Å². The number of nitrogens with two attached hydrogens (primary N) is 2. The van der Waals surface area contributed by atoms with E-state index >= 15 is 0 Å². The number of hydrogen-bond donors (Lipinski definition) is 22. The molecule has 39 nitrogen and oxygen atoms in total. The van der Waals surface area contributed by atoms with Crippen LogP contribution in [0.25, 0.3) is 0 Å². The summed E-state index contributed by atoms with van der Waals surface area (Å²) in [5, 5.41) is 66.6. The fraction of sp³-hybridized carbons (Fsp3) is 0.742. The third-order valence-electron chi connectivity index (χ3n) is 16.6. The number of hydrogen-bond acceptors (Lipinski definition) is 22. The van der Waals surface area contributed by atoms with Gasteiger partial charge in [-0.15, -0.1) is 0 Å². The molecule has 0 aliphatic heterocycles. The van der Waals surface area contributed by atoms with Crippen LogP contribution in [0.15, 0.2) is 0 Å². The number of aldehydes is 1. The predicted octanol–water partition coefficient (Wildman–Crippen LogP) is -7.84. The normalized spacial score (nSPS) is 15.5. The summed E-state index contributed by atoms with van der Waals surface area (Å²) >= 11 is 1.37. The molecule has 0 rings (SSSR count). The monoisotopic (exact) mass is 1530 g/mol. The average molecular weight is 1530 g/mol. The fourth-order valence-electron chi connectivity index (χ4n) is 10.1. The van der Waals surface area contributed by atoms with Gasteiger partial charge in [0.15, 0.2) is 6.04 Å². The van der Waals surface area contributed by atoms with Gasteiger partial charge in [-0.25, -0.2) is 0 Å². The maximum atomic E-state index is 14.7. The van der Waals surface area contributed by atoms with Crippen LogP contribution in [0, 0.1) is 23.7 Å². The van der Waals surface area contributed by atoms with Crippen molar-refractivity contribution in [3.05, 3.63) is 0 Å². The number of carboxylic acids is 2. The highest BCUT2D eigenvalue weighted by Gasteiger charge is 2.39. The molecule has 0 unspecified atom stereocenters. The Morgan fingerprint density at radius 1 is 0.453 bits per heavy atom. The molecule has 0 saturated heterocycles. The molecule has 0 spiro atoms. The molecule has 0 saturated carbocycles. The summed E-state index contributed by atoms with van der Waals surface area (Å²) in [5.74, 6) is -16.9. The van der Waals surface area contributed by atoms with Crippen molar-refractivity contribution in [1.82, 2.24) is 79.8 Å². The number of carbonyl (C=O) groups is 17. The van der Waals surface area contributed by atoms with E-state index in [1.54, 1.807) is 61.6 Å². The Bertz CT molecular complexity index is 2910. The number of amides is 14. The van der Waals surface area contributed by atoms with Crippen LogP contribution in [-0.4, -0.2) is 246 Å². The van der Waals surface area contributed by atoms with Crippen molar-refractivity contribution in [2.75, 3.05) is 44.8 Å². The Hall–Kier alpha value is -8.70. The molecule has 604 valence electrons. The molecule has 0 bridgehead atoms. The number of quaternary nitrogens is 2. The summed E-state index contributed by atoms with van der Waals surface area (Å²) in [7, 11) is 0. The number of carbonyl (C=O) groups excluding carboxylic acids is 15. The van der Waals surface area contributed by atoms with Crippen molar-refractivity contribution in [2.45, 2.75) is 244 Å². The van der Waals surface area contributed by atoms with Gasteiger partial charge in [0.05, 0.1) is 32.7 Å². The fourth-order valence-corrected chi connectivity index (χ4v) is 10.5. The summed E-state index contributed by atoms with van der Waals surface area (Å²) < 4.78 is 0. The van der Waals surface area contributed by atoms with E-state index in [4.69, 9.17) is 11.5 Å². The molecule has 0 fully saturated rings. The lowest BCUT2D eigenvalue weighted by Crippen LogP contribution is -2.67. The third kappa shape index (κ3) is 39.6. The first kappa shape index (κ1) is 97.3. The Morgan fingerprint density at radius 3 is 1.32 bits per heavy atom. The number of aliphatic hydroxyl groups excluding tert-OH is 1. The third-order valence-corrected chi connectivity index (χ3v) is 17.3. The first-order valence-electron chi connectivity index (χ1n) is 35.7. The van der Waals surface area contributed by atoms with Crippen LogP contribution in [0.3, 0.4) is 0 Å². The van der Waals surface area contributed by atoms with Crippen molar-refractivity contribution in [2.24, 2.45) is 35.1 Å². The molecule has 0 aromatic carbocycles. The summed E-state index contributed by atoms with van der Waals surface area (Å²) in [6.07, 6.45) is 0.0479. The molecule has 14 amide bonds. The molecule has 40 heteroatoms. The van der Waals surface area contributed by atoms with E-state index < -0.39 is 230 Å². The average Bonchev–Trinajstić information content (AvgIpc) is 0.843. The highest BCUT2D eigenvalue weighted by molar-refractivity contribution is 7.98. The lowest BCUT2D eigenvalue weighted by molar-refractivity contribution is -0.398. The molecule has 0 aromatic heterocycles. The van der Waals surface area contributed by atoms with Gasteiger partial charge in [0.2, 0.25) is 76.8 Å². The summed E-state index contributed by atoms with van der Waals surface area (Å²) in [4.78, 5) is 227. The minimum atomic E-state index is -2.00. The zero-order valence-corrected chi connectivity index (χ0v) is 64.0. The van der Waals surface area contributed by atoms with E-state index in [2.05, 4.69) is 91.2 Å². The second-order valence-corrected chi connectivity index (χ2v) is 28.0. The van der Waals surface area contributed by atoms with Crippen molar-refractivity contribution in [3.63, 3.8) is 0 Å². The zero-order chi connectivity index (χ0) is 81.1. The second kappa shape index (κ2) is 52.3. The minimum absolute atomic E-state index is 0.00429. The SMILES string of the molecule is CC[C@H](C)[C@H](NC(=O)[C@H](CC(=O)O)NC(=O)[C@H](CCC(=O)O)NC(=O)[C@H](CC(C)C)NC(=O)CNC(=O)[C@H](C)NC(=O)[C@H](C)[NH3+])C(=O)N[C@H](C(=O)N[C@@H](CCCNC(N)N)C(=O)N[C@@H](CCCC[NH3+])C(=O)N[C@@H](C)C(=O)N[C@@H](CC(C)C)C(=O)N[C@@H](CCSC)C(=O)NCC(=O)N[C@H](C=O)CO)[C@@H](C)CC. The molecular formula is C66H121N19O20S+2. The van der Waals surface area contributed by atoms with Gasteiger partial charge in [0.1, 0.15) is 85.1 Å². The van der Waals surface area contributed by atoms with Gasteiger partial charge >= 0.3 is 11.9 Å². The molecule has 0 heterocycles. The van der Waals surface area contributed by atoms with Gasteiger partial charge in [0.25, 0.3) is 5.91 Å². The number of aliphatic carboxylic acids is 2. The smallest absolute Gasteiger partial charge is 0.305 e. The number of carboxylic acid groups (broad SMARTS) is 2. The predicted molar refractivity (Wildman–Crippen MR) is 387 cm³/mol. The maximum absolute atomic E-state index is 14.7. The molecule has 0 aliphatic carbocycles. The van der Waals surface area contributed by atoms with Crippen molar-refractivity contribution >= 4 is 113 Å². The van der Waals surface area contributed by atoms with E-state index in [-0.39, 0.29) is 69.7 Å². The van der Waals surface area contributed by atoms with Gasteiger partial charge in [-0.3, -0.25) is 82.0 Å². The largest absolute Gasteiger partial charge is 0.481 e. The molecular weight excluding hydrogens is 1410 g/mol. The number of thioether (sulfide) groups is 1. The van der Waals surface area contributed by atoms with Crippen LogP contribution in [0.4, 0.5) is 0 Å².